The fraction of sp³-hybridized carbons (Fsp3) is 0.524. The molecule has 5 heteroatoms. The first kappa shape index (κ1) is 17.4. The Labute approximate surface area is 155 Å². The first-order valence-electron chi connectivity index (χ1n) is 9.53. The Hall–Kier alpha value is -1.98. The van der Waals surface area contributed by atoms with Crippen molar-refractivity contribution in [2.24, 2.45) is 5.41 Å². The standard InChI is InChI=1S/C21H27N3O2/c1-17-5-2-6-18(23-17)14-24-11-8-20-21(15-24,9-4-12-25-20)16-26-19-7-3-10-22-13-19/h2-3,5-7,10,13,20H,4,8-9,11-12,14-16H2,1H3/t20-,21+/m0/s1. The molecule has 26 heavy (non-hydrogen) atoms. The highest BCUT2D eigenvalue weighted by molar-refractivity contribution is 5.16. The van der Waals surface area contributed by atoms with Crippen LogP contribution in [0.1, 0.15) is 30.7 Å². The Bertz CT molecular complexity index is 724. The number of fused-ring (bicyclic) bond motifs is 1. The van der Waals surface area contributed by atoms with Crippen LogP contribution in [-0.4, -0.2) is 47.3 Å². The predicted molar refractivity (Wildman–Crippen MR) is 100 cm³/mol. The van der Waals surface area contributed by atoms with Crippen LogP contribution in [0.4, 0.5) is 0 Å². The molecule has 4 heterocycles. The van der Waals surface area contributed by atoms with Gasteiger partial charge in [0.2, 0.25) is 0 Å². The number of hydrogen-bond acceptors (Lipinski definition) is 5. The van der Waals surface area contributed by atoms with E-state index in [2.05, 4.69) is 27.0 Å². The van der Waals surface area contributed by atoms with Crippen molar-refractivity contribution in [3.63, 3.8) is 0 Å². The Morgan fingerprint density at radius 2 is 2.27 bits per heavy atom. The van der Waals surface area contributed by atoms with Gasteiger partial charge in [-0.3, -0.25) is 14.9 Å². The van der Waals surface area contributed by atoms with E-state index >= 15 is 0 Å². The number of rotatable bonds is 5. The molecule has 0 amide bonds. The van der Waals surface area contributed by atoms with E-state index < -0.39 is 0 Å². The quantitative estimate of drug-likeness (QED) is 0.826. The van der Waals surface area contributed by atoms with Crippen molar-refractivity contribution in [2.75, 3.05) is 26.3 Å². The van der Waals surface area contributed by atoms with Crippen molar-refractivity contribution in [1.82, 2.24) is 14.9 Å². The average Bonchev–Trinajstić information content (AvgIpc) is 2.67. The maximum absolute atomic E-state index is 6.15. The van der Waals surface area contributed by atoms with Gasteiger partial charge in [-0.2, -0.15) is 0 Å². The fourth-order valence-corrected chi connectivity index (χ4v) is 4.30. The van der Waals surface area contributed by atoms with Gasteiger partial charge in [0.1, 0.15) is 5.75 Å². The highest BCUT2D eigenvalue weighted by atomic mass is 16.5. The van der Waals surface area contributed by atoms with Crippen molar-refractivity contribution >= 4 is 0 Å². The molecule has 2 aliphatic rings. The molecule has 138 valence electrons. The van der Waals surface area contributed by atoms with Crippen LogP contribution in [0.15, 0.2) is 42.7 Å². The highest BCUT2D eigenvalue weighted by Gasteiger charge is 2.46. The van der Waals surface area contributed by atoms with Gasteiger partial charge < -0.3 is 9.47 Å². The molecule has 2 saturated heterocycles. The maximum Gasteiger partial charge on any atom is 0.137 e. The summed E-state index contributed by atoms with van der Waals surface area (Å²) in [4.78, 5) is 11.3. The van der Waals surface area contributed by atoms with Crippen molar-refractivity contribution in [2.45, 2.75) is 38.8 Å². The molecule has 2 atom stereocenters. The Morgan fingerprint density at radius 3 is 3.12 bits per heavy atom. The molecule has 0 unspecified atom stereocenters. The topological polar surface area (TPSA) is 47.5 Å². The zero-order valence-electron chi connectivity index (χ0n) is 15.4. The van der Waals surface area contributed by atoms with E-state index in [0.717, 1.165) is 62.6 Å². The lowest BCUT2D eigenvalue weighted by Crippen LogP contribution is -2.57. The molecule has 0 radical (unpaired) electrons. The number of hydrogen-bond donors (Lipinski definition) is 0. The van der Waals surface area contributed by atoms with E-state index in [4.69, 9.17) is 9.47 Å². The molecule has 4 rings (SSSR count). The number of aromatic nitrogens is 2. The van der Waals surface area contributed by atoms with Crippen molar-refractivity contribution in [3.05, 3.63) is 54.1 Å². The molecule has 2 fully saturated rings. The van der Waals surface area contributed by atoms with Gasteiger partial charge in [0, 0.05) is 43.5 Å². The van der Waals surface area contributed by atoms with Crippen LogP contribution in [0, 0.1) is 12.3 Å². The number of pyridine rings is 2. The second-order valence-corrected chi connectivity index (χ2v) is 7.57. The number of likely N-dealkylation sites (tertiary alicyclic amines) is 1. The van der Waals surface area contributed by atoms with Crippen molar-refractivity contribution in [1.29, 1.82) is 0 Å². The van der Waals surface area contributed by atoms with Crippen LogP contribution >= 0.6 is 0 Å². The second-order valence-electron chi connectivity index (χ2n) is 7.57. The van der Waals surface area contributed by atoms with Gasteiger partial charge in [0.25, 0.3) is 0 Å². The Kier molecular flexibility index (Phi) is 5.18. The molecule has 0 saturated carbocycles. The minimum absolute atomic E-state index is 0.0518. The minimum atomic E-state index is 0.0518. The summed E-state index contributed by atoms with van der Waals surface area (Å²) in [5.74, 6) is 0.837. The summed E-state index contributed by atoms with van der Waals surface area (Å²) in [6, 6.07) is 10.1. The summed E-state index contributed by atoms with van der Waals surface area (Å²) >= 11 is 0. The predicted octanol–water partition coefficient (Wildman–Crippen LogP) is 3.24. The molecular formula is C21H27N3O2. The first-order chi connectivity index (χ1) is 12.7. The van der Waals surface area contributed by atoms with Crippen LogP contribution in [-0.2, 0) is 11.3 Å². The van der Waals surface area contributed by atoms with E-state index in [-0.39, 0.29) is 11.5 Å². The van der Waals surface area contributed by atoms with Gasteiger partial charge in [-0.05, 0) is 50.5 Å². The maximum atomic E-state index is 6.15. The van der Waals surface area contributed by atoms with Gasteiger partial charge in [-0.1, -0.05) is 6.07 Å². The summed E-state index contributed by atoms with van der Waals surface area (Å²) < 4.78 is 12.3. The molecule has 2 aromatic rings. The molecular weight excluding hydrogens is 326 g/mol. The molecule has 5 nitrogen and oxygen atoms in total. The minimum Gasteiger partial charge on any atom is -0.491 e. The SMILES string of the molecule is Cc1cccc(CN2CC[C@@H]3OCCC[C@]3(COc3cccnc3)C2)n1. The van der Waals surface area contributed by atoms with E-state index in [1.54, 1.807) is 12.4 Å². The number of aryl methyl sites for hydroxylation is 1. The number of nitrogens with zero attached hydrogens (tertiary/aromatic N) is 3. The van der Waals surface area contributed by atoms with Gasteiger partial charge in [-0.25, -0.2) is 0 Å². The number of ether oxygens (including phenoxy) is 2. The fourth-order valence-electron chi connectivity index (χ4n) is 4.30. The van der Waals surface area contributed by atoms with Gasteiger partial charge in [0.15, 0.2) is 0 Å². The lowest BCUT2D eigenvalue weighted by atomic mass is 9.73. The van der Waals surface area contributed by atoms with Gasteiger partial charge in [-0.15, -0.1) is 0 Å². The van der Waals surface area contributed by atoms with Crippen molar-refractivity contribution in [3.8, 4) is 5.75 Å². The van der Waals surface area contributed by atoms with Crippen LogP contribution in [0.2, 0.25) is 0 Å². The average molecular weight is 353 g/mol. The monoisotopic (exact) mass is 353 g/mol. The molecule has 2 aromatic heterocycles. The van der Waals surface area contributed by atoms with Gasteiger partial charge in [0.05, 0.1) is 24.6 Å². The summed E-state index contributed by atoms with van der Waals surface area (Å²) in [5, 5.41) is 0. The summed E-state index contributed by atoms with van der Waals surface area (Å²) in [6.07, 6.45) is 7.15. The third kappa shape index (κ3) is 3.89. The first-order valence-corrected chi connectivity index (χ1v) is 9.53. The van der Waals surface area contributed by atoms with E-state index in [1.807, 2.05) is 25.1 Å². The zero-order valence-corrected chi connectivity index (χ0v) is 15.4. The Morgan fingerprint density at radius 1 is 1.31 bits per heavy atom. The largest absolute Gasteiger partial charge is 0.491 e. The lowest BCUT2D eigenvalue weighted by molar-refractivity contribution is -0.141. The second kappa shape index (κ2) is 7.72. The van der Waals surface area contributed by atoms with E-state index in [0.29, 0.717) is 6.61 Å². The highest BCUT2D eigenvalue weighted by Crippen LogP contribution is 2.41. The summed E-state index contributed by atoms with van der Waals surface area (Å²) in [5.41, 5.74) is 2.27. The van der Waals surface area contributed by atoms with Crippen LogP contribution in [0.25, 0.3) is 0 Å². The van der Waals surface area contributed by atoms with E-state index in [1.165, 1.54) is 0 Å². The molecule has 0 spiro atoms. The normalized spacial score (nSPS) is 26.3. The smallest absolute Gasteiger partial charge is 0.137 e. The lowest BCUT2D eigenvalue weighted by Gasteiger charge is -2.50. The van der Waals surface area contributed by atoms with Crippen LogP contribution < -0.4 is 4.74 Å². The van der Waals surface area contributed by atoms with Crippen LogP contribution in [0.5, 0.6) is 5.75 Å². The molecule has 2 aliphatic heterocycles. The molecule has 0 bridgehead atoms. The molecule has 0 aliphatic carbocycles. The third-order valence-corrected chi connectivity index (χ3v) is 5.56. The van der Waals surface area contributed by atoms with Crippen LogP contribution in [0.3, 0.4) is 0 Å². The number of piperidine rings is 1. The molecule has 0 aromatic carbocycles. The summed E-state index contributed by atoms with van der Waals surface area (Å²) in [6.45, 7) is 6.54. The Balaban J connectivity index is 1.47. The third-order valence-electron chi connectivity index (χ3n) is 5.56. The summed E-state index contributed by atoms with van der Waals surface area (Å²) in [7, 11) is 0. The zero-order chi connectivity index (χ0) is 17.8. The molecule has 0 N–H and O–H groups in total. The van der Waals surface area contributed by atoms with E-state index in [9.17, 15) is 0 Å². The van der Waals surface area contributed by atoms with Gasteiger partial charge >= 0.3 is 0 Å². The van der Waals surface area contributed by atoms with Crippen molar-refractivity contribution < 1.29 is 9.47 Å².